The van der Waals surface area contributed by atoms with Crippen molar-refractivity contribution in [1.82, 2.24) is 14.8 Å². The summed E-state index contributed by atoms with van der Waals surface area (Å²) in [5, 5.41) is 4.51. The average Bonchev–Trinajstić information content (AvgIpc) is 3.00. The molecule has 1 aliphatic heterocycles. The van der Waals surface area contributed by atoms with E-state index < -0.39 is 6.36 Å². The van der Waals surface area contributed by atoms with E-state index in [-0.39, 0.29) is 11.8 Å². The van der Waals surface area contributed by atoms with Crippen LogP contribution in [0.15, 0.2) is 54.7 Å². The van der Waals surface area contributed by atoms with Gasteiger partial charge in [-0.3, -0.25) is 4.90 Å². The lowest BCUT2D eigenvalue weighted by Crippen LogP contribution is -2.45. The van der Waals surface area contributed by atoms with Crippen molar-refractivity contribution >= 4 is 10.9 Å². The third-order valence-electron chi connectivity index (χ3n) is 5.17. The van der Waals surface area contributed by atoms with Crippen LogP contribution in [0.2, 0.25) is 0 Å². The molecule has 0 unspecified atom stereocenters. The molecular formula is C21H22F3N3O. The first-order chi connectivity index (χ1) is 13.4. The maximum Gasteiger partial charge on any atom is 0.573 e. The molecule has 148 valence electrons. The van der Waals surface area contributed by atoms with E-state index in [1.165, 1.54) is 12.1 Å². The first kappa shape index (κ1) is 18.8. The molecule has 1 saturated heterocycles. The Kier molecular flexibility index (Phi) is 5.03. The fourth-order valence-corrected chi connectivity index (χ4v) is 3.97. The van der Waals surface area contributed by atoms with E-state index in [0.29, 0.717) is 0 Å². The van der Waals surface area contributed by atoms with Crippen LogP contribution >= 0.6 is 0 Å². The normalized spacial score (nSPS) is 17.0. The van der Waals surface area contributed by atoms with E-state index in [4.69, 9.17) is 0 Å². The Morgan fingerprint density at radius 2 is 1.68 bits per heavy atom. The summed E-state index contributed by atoms with van der Waals surface area (Å²) >= 11 is 0. The Balaban J connectivity index is 1.76. The van der Waals surface area contributed by atoms with Gasteiger partial charge >= 0.3 is 6.36 Å². The quantitative estimate of drug-likeness (QED) is 0.729. The van der Waals surface area contributed by atoms with Crippen molar-refractivity contribution in [2.24, 2.45) is 7.05 Å². The second-order valence-corrected chi connectivity index (χ2v) is 7.02. The van der Waals surface area contributed by atoms with Crippen molar-refractivity contribution in [3.05, 3.63) is 65.9 Å². The van der Waals surface area contributed by atoms with Gasteiger partial charge in [0.05, 0.1) is 6.04 Å². The summed E-state index contributed by atoms with van der Waals surface area (Å²) in [5.41, 5.74) is 3.24. The maximum absolute atomic E-state index is 12.5. The molecule has 4 nitrogen and oxygen atoms in total. The predicted octanol–water partition coefficient (Wildman–Crippen LogP) is 4.07. The summed E-state index contributed by atoms with van der Waals surface area (Å²) in [6.07, 6.45) is -2.56. The molecule has 3 aromatic rings. The minimum Gasteiger partial charge on any atom is -0.406 e. The Bertz CT molecular complexity index is 944. The number of hydrogen-bond donors (Lipinski definition) is 1. The SMILES string of the molecule is Cn1cc([C@H](c2ccc(OC(F)(F)F)cc2)N2CCNCC2)c2ccccc21. The summed E-state index contributed by atoms with van der Waals surface area (Å²) in [6, 6.07) is 14.4. The molecule has 0 bridgehead atoms. The van der Waals surface area contributed by atoms with E-state index in [0.717, 1.165) is 48.2 Å². The van der Waals surface area contributed by atoms with Gasteiger partial charge in [0.1, 0.15) is 5.75 Å². The fraction of sp³-hybridized carbons (Fsp3) is 0.333. The van der Waals surface area contributed by atoms with Gasteiger partial charge < -0.3 is 14.6 Å². The number of nitrogens with zero attached hydrogens (tertiary/aromatic N) is 2. The molecule has 1 aromatic heterocycles. The third-order valence-corrected chi connectivity index (χ3v) is 5.17. The first-order valence-corrected chi connectivity index (χ1v) is 9.27. The van der Waals surface area contributed by atoms with Crippen LogP contribution in [0.25, 0.3) is 10.9 Å². The fourth-order valence-electron chi connectivity index (χ4n) is 3.97. The minimum absolute atomic E-state index is 0.0341. The van der Waals surface area contributed by atoms with Crippen molar-refractivity contribution < 1.29 is 17.9 Å². The molecule has 2 aromatic carbocycles. The summed E-state index contributed by atoms with van der Waals surface area (Å²) in [6.45, 7) is 3.51. The number of piperazine rings is 1. The molecule has 0 aliphatic carbocycles. The molecule has 0 amide bonds. The molecule has 7 heteroatoms. The number of benzene rings is 2. The molecule has 0 saturated carbocycles. The third kappa shape index (κ3) is 3.86. The second-order valence-electron chi connectivity index (χ2n) is 7.02. The zero-order valence-corrected chi connectivity index (χ0v) is 15.5. The zero-order chi connectivity index (χ0) is 19.7. The topological polar surface area (TPSA) is 29.4 Å². The molecule has 1 aliphatic rings. The van der Waals surface area contributed by atoms with Gasteiger partial charge in [-0.1, -0.05) is 30.3 Å². The van der Waals surface area contributed by atoms with Crippen molar-refractivity contribution in [2.75, 3.05) is 26.2 Å². The van der Waals surface area contributed by atoms with E-state index in [2.05, 4.69) is 37.9 Å². The monoisotopic (exact) mass is 389 g/mol. The number of hydrogen-bond acceptors (Lipinski definition) is 3. The highest BCUT2D eigenvalue weighted by atomic mass is 19.4. The highest BCUT2D eigenvalue weighted by Gasteiger charge is 2.31. The minimum atomic E-state index is -4.69. The number of alkyl halides is 3. The lowest BCUT2D eigenvalue weighted by atomic mass is 9.96. The number of halogens is 3. The number of ether oxygens (including phenoxy) is 1. The number of aryl methyl sites for hydroxylation is 1. The number of aromatic nitrogens is 1. The zero-order valence-electron chi connectivity index (χ0n) is 15.5. The summed E-state index contributed by atoms with van der Waals surface area (Å²) in [5.74, 6) is -0.201. The molecular weight excluding hydrogens is 367 g/mol. The summed E-state index contributed by atoms with van der Waals surface area (Å²) in [7, 11) is 2.01. The Hall–Kier alpha value is -2.51. The smallest absolute Gasteiger partial charge is 0.406 e. The molecule has 1 fully saturated rings. The van der Waals surface area contributed by atoms with Crippen LogP contribution in [0.3, 0.4) is 0 Å². The van der Waals surface area contributed by atoms with Gasteiger partial charge in [0, 0.05) is 50.3 Å². The Labute approximate surface area is 161 Å². The number of fused-ring (bicyclic) bond motifs is 1. The van der Waals surface area contributed by atoms with Crippen LogP contribution in [0.1, 0.15) is 17.2 Å². The van der Waals surface area contributed by atoms with Crippen LogP contribution in [-0.4, -0.2) is 42.0 Å². The van der Waals surface area contributed by atoms with Crippen molar-refractivity contribution in [3.8, 4) is 5.75 Å². The highest BCUT2D eigenvalue weighted by molar-refractivity contribution is 5.84. The Morgan fingerprint density at radius 1 is 1.00 bits per heavy atom. The molecule has 28 heavy (non-hydrogen) atoms. The van der Waals surface area contributed by atoms with Crippen LogP contribution in [0.4, 0.5) is 13.2 Å². The van der Waals surface area contributed by atoms with Crippen molar-refractivity contribution in [2.45, 2.75) is 12.4 Å². The highest BCUT2D eigenvalue weighted by Crippen LogP contribution is 2.36. The Morgan fingerprint density at radius 3 is 2.36 bits per heavy atom. The standard InChI is InChI=1S/C21H22F3N3O/c1-26-14-18(17-4-2-3-5-19(17)26)20(27-12-10-25-11-13-27)15-6-8-16(9-7-15)28-21(22,23)24/h2-9,14,20,25H,10-13H2,1H3/t20-/m0/s1. The number of rotatable bonds is 4. The predicted molar refractivity (Wildman–Crippen MR) is 102 cm³/mol. The van der Waals surface area contributed by atoms with E-state index in [9.17, 15) is 13.2 Å². The molecule has 0 radical (unpaired) electrons. The van der Waals surface area contributed by atoms with E-state index in [1.807, 2.05) is 19.2 Å². The lowest BCUT2D eigenvalue weighted by Gasteiger charge is -2.35. The van der Waals surface area contributed by atoms with Gasteiger partial charge in [-0.25, -0.2) is 0 Å². The average molecular weight is 389 g/mol. The largest absolute Gasteiger partial charge is 0.573 e. The van der Waals surface area contributed by atoms with Gasteiger partial charge in [-0.2, -0.15) is 0 Å². The lowest BCUT2D eigenvalue weighted by molar-refractivity contribution is -0.274. The van der Waals surface area contributed by atoms with E-state index >= 15 is 0 Å². The van der Waals surface area contributed by atoms with Crippen molar-refractivity contribution in [3.63, 3.8) is 0 Å². The van der Waals surface area contributed by atoms with Gasteiger partial charge in [-0.05, 0) is 29.3 Å². The summed E-state index contributed by atoms with van der Waals surface area (Å²) in [4.78, 5) is 2.37. The number of nitrogens with one attached hydrogen (secondary N) is 1. The molecule has 2 heterocycles. The van der Waals surface area contributed by atoms with Crippen molar-refractivity contribution in [1.29, 1.82) is 0 Å². The maximum atomic E-state index is 12.5. The van der Waals surface area contributed by atoms with Crippen LogP contribution in [0.5, 0.6) is 5.75 Å². The summed E-state index contributed by atoms with van der Waals surface area (Å²) < 4.78 is 43.6. The van der Waals surface area contributed by atoms with Gasteiger partial charge in [-0.15, -0.1) is 13.2 Å². The van der Waals surface area contributed by atoms with E-state index in [1.54, 1.807) is 12.1 Å². The van der Waals surface area contributed by atoms with Crippen LogP contribution < -0.4 is 10.1 Å². The molecule has 4 rings (SSSR count). The first-order valence-electron chi connectivity index (χ1n) is 9.27. The number of para-hydroxylation sites is 1. The van der Waals surface area contributed by atoms with Crippen LogP contribution in [-0.2, 0) is 7.05 Å². The van der Waals surface area contributed by atoms with Gasteiger partial charge in [0.2, 0.25) is 0 Å². The molecule has 0 spiro atoms. The van der Waals surface area contributed by atoms with Gasteiger partial charge in [0.25, 0.3) is 0 Å². The van der Waals surface area contributed by atoms with Crippen LogP contribution in [0, 0.1) is 0 Å². The molecule has 1 atom stereocenters. The van der Waals surface area contributed by atoms with Gasteiger partial charge in [0.15, 0.2) is 0 Å². The molecule has 1 N–H and O–H groups in total. The second kappa shape index (κ2) is 7.48.